The molecule has 0 radical (unpaired) electrons. The molecular formula is C19H32O2S2. The number of Topliss-reactive ketones (excluding diaryl/α,β-unsaturated/α-hetero) is 2. The summed E-state index contributed by atoms with van der Waals surface area (Å²) in [5.74, 6) is 2.24. The van der Waals surface area contributed by atoms with Crippen LogP contribution in [-0.2, 0) is 9.59 Å². The number of ketones is 2. The van der Waals surface area contributed by atoms with E-state index in [1.165, 1.54) is 12.8 Å². The third kappa shape index (κ3) is 10.8. The van der Waals surface area contributed by atoms with Gasteiger partial charge in [-0.2, -0.15) is 0 Å². The van der Waals surface area contributed by atoms with Crippen LogP contribution in [0.15, 0.2) is 25.3 Å². The first kappa shape index (κ1) is 22.5. The molecule has 0 aromatic heterocycles. The molecule has 0 heterocycles. The zero-order valence-electron chi connectivity index (χ0n) is 14.8. The van der Waals surface area contributed by atoms with E-state index in [0.717, 1.165) is 24.3 Å². The summed E-state index contributed by atoms with van der Waals surface area (Å²) < 4.78 is 0.138. The Bertz CT molecular complexity index is 350. The van der Waals surface area contributed by atoms with E-state index >= 15 is 0 Å². The van der Waals surface area contributed by atoms with Crippen LogP contribution in [0, 0.1) is 0 Å². The predicted molar refractivity (Wildman–Crippen MR) is 106 cm³/mol. The molecule has 0 fully saturated rings. The summed E-state index contributed by atoms with van der Waals surface area (Å²) in [7, 11) is 0. The van der Waals surface area contributed by atoms with E-state index in [-0.39, 0.29) is 15.6 Å². The van der Waals surface area contributed by atoms with Gasteiger partial charge >= 0.3 is 0 Å². The summed E-state index contributed by atoms with van der Waals surface area (Å²) in [5.41, 5.74) is 0. The number of hydrogen-bond donors (Lipinski definition) is 0. The topological polar surface area (TPSA) is 34.1 Å². The van der Waals surface area contributed by atoms with Crippen LogP contribution < -0.4 is 0 Å². The third-order valence-corrected chi connectivity index (χ3v) is 7.25. The molecule has 4 heteroatoms. The summed E-state index contributed by atoms with van der Waals surface area (Å²) in [5, 5.41) is 0. The average molecular weight is 357 g/mol. The maximum Gasteiger partial charge on any atom is 0.137 e. The maximum absolute atomic E-state index is 11.7. The first-order valence-corrected chi connectivity index (χ1v) is 10.5. The van der Waals surface area contributed by atoms with Crippen LogP contribution in [0.2, 0.25) is 0 Å². The van der Waals surface area contributed by atoms with E-state index in [2.05, 4.69) is 27.0 Å². The summed E-state index contributed by atoms with van der Waals surface area (Å²) in [6.45, 7) is 11.7. The minimum absolute atomic E-state index is 0.138. The zero-order chi connectivity index (χ0) is 17.6. The van der Waals surface area contributed by atoms with Crippen molar-refractivity contribution in [2.45, 2.75) is 69.3 Å². The van der Waals surface area contributed by atoms with Gasteiger partial charge in [0.2, 0.25) is 0 Å². The van der Waals surface area contributed by atoms with E-state index in [1.54, 1.807) is 12.2 Å². The van der Waals surface area contributed by atoms with Crippen molar-refractivity contribution in [1.29, 1.82) is 0 Å². The molecule has 0 aliphatic rings. The van der Waals surface area contributed by atoms with Crippen molar-refractivity contribution in [2.75, 3.05) is 11.5 Å². The highest BCUT2D eigenvalue weighted by atomic mass is 32.2. The first-order valence-electron chi connectivity index (χ1n) is 8.56. The van der Waals surface area contributed by atoms with Crippen LogP contribution in [0.3, 0.4) is 0 Å². The number of unbranched alkanes of at least 4 members (excludes halogenated alkanes) is 1. The van der Waals surface area contributed by atoms with Gasteiger partial charge in [-0.15, -0.1) is 36.7 Å². The number of thioether (sulfide) groups is 2. The predicted octanol–water partition coefficient (Wildman–Crippen LogP) is 5.82. The Hall–Kier alpha value is -0.480. The number of carbonyl (C=O) groups is 2. The van der Waals surface area contributed by atoms with Gasteiger partial charge < -0.3 is 0 Å². The fourth-order valence-electron chi connectivity index (χ4n) is 2.24. The fraction of sp³-hybridized carbons (Fsp3) is 0.684. The largest absolute Gasteiger partial charge is 0.299 e. The number of carbonyl (C=O) groups excluding carboxylic acids is 2. The molecule has 0 bridgehead atoms. The molecule has 0 amide bonds. The average Bonchev–Trinajstić information content (AvgIpc) is 2.52. The normalized spacial score (nSPS) is 11.2. The minimum atomic E-state index is 0.138. The quantitative estimate of drug-likeness (QED) is 0.258. The van der Waals surface area contributed by atoms with Gasteiger partial charge in [-0.1, -0.05) is 38.8 Å². The molecule has 0 N–H and O–H groups in total. The summed E-state index contributed by atoms with van der Waals surface area (Å²) in [4.78, 5) is 23.3. The van der Waals surface area contributed by atoms with E-state index in [0.29, 0.717) is 25.7 Å². The molecule has 0 aromatic rings. The van der Waals surface area contributed by atoms with E-state index < -0.39 is 0 Å². The number of hydrogen-bond acceptors (Lipinski definition) is 4. The van der Waals surface area contributed by atoms with Gasteiger partial charge in [0.1, 0.15) is 11.6 Å². The minimum Gasteiger partial charge on any atom is -0.299 e. The Balaban J connectivity index is 4.48. The Morgan fingerprint density at radius 3 is 1.78 bits per heavy atom. The van der Waals surface area contributed by atoms with Gasteiger partial charge in [-0.05, 0) is 12.8 Å². The molecular weight excluding hydrogens is 324 g/mol. The molecule has 0 spiro atoms. The van der Waals surface area contributed by atoms with Crippen LogP contribution in [0.1, 0.15) is 65.2 Å². The highest BCUT2D eigenvalue weighted by Gasteiger charge is 2.28. The SMILES string of the molecule is C=CCC(=O)CCSC(CC)(CCCC)SCCC(=O)CC=C. The molecule has 0 atom stereocenters. The zero-order valence-corrected chi connectivity index (χ0v) is 16.4. The Morgan fingerprint density at radius 2 is 1.43 bits per heavy atom. The second-order valence-corrected chi connectivity index (χ2v) is 8.84. The van der Waals surface area contributed by atoms with E-state index in [1.807, 2.05) is 23.5 Å². The van der Waals surface area contributed by atoms with E-state index in [4.69, 9.17) is 0 Å². The Kier molecular flexibility index (Phi) is 13.6. The standard InChI is InChI=1S/C19H32O2S2/c1-5-9-14-19(8-4,22-15-12-17(20)10-6-2)23-16-13-18(21)11-7-3/h6-7H,2-3,5,8-16H2,1,4H3. The highest BCUT2D eigenvalue weighted by molar-refractivity contribution is 8.18. The highest BCUT2D eigenvalue weighted by Crippen LogP contribution is 2.45. The van der Waals surface area contributed by atoms with Crippen LogP contribution in [0.5, 0.6) is 0 Å². The lowest BCUT2D eigenvalue weighted by Gasteiger charge is -2.32. The lowest BCUT2D eigenvalue weighted by molar-refractivity contribution is -0.118. The van der Waals surface area contributed by atoms with Crippen molar-refractivity contribution in [1.82, 2.24) is 0 Å². The van der Waals surface area contributed by atoms with Crippen molar-refractivity contribution in [2.24, 2.45) is 0 Å². The van der Waals surface area contributed by atoms with Crippen LogP contribution in [0.25, 0.3) is 0 Å². The maximum atomic E-state index is 11.7. The lowest BCUT2D eigenvalue weighted by Crippen LogP contribution is -2.21. The molecule has 0 rings (SSSR count). The van der Waals surface area contributed by atoms with Gasteiger partial charge in [0, 0.05) is 37.2 Å². The molecule has 0 unspecified atom stereocenters. The lowest BCUT2D eigenvalue weighted by atomic mass is 10.1. The molecule has 132 valence electrons. The number of allylic oxidation sites excluding steroid dienone is 2. The Labute approximate surface area is 150 Å². The van der Waals surface area contributed by atoms with Gasteiger partial charge in [-0.3, -0.25) is 9.59 Å². The van der Waals surface area contributed by atoms with Gasteiger partial charge in [0.05, 0.1) is 4.08 Å². The molecule has 0 saturated carbocycles. The van der Waals surface area contributed by atoms with Crippen molar-refractivity contribution in [3.63, 3.8) is 0 Å². The van der Waals surface area contributed by atoms with Crippen molar-refractivity contribution in [3.8, 4) is 0 Å². The summed E-state index contributed by atoms with van der Waals surface area (Å²) >= 11 is 3.81. The third-order valence-electron chi connectivity index (χ3n) is 3.69. The molecule has 0 aliphatic carbocycles. The molecule has 23 heavy (non-hydrogen) atoms. The molecule has 2 nitrogen and oxygen atoms in total. The van der Waals surface area contributed by atoms with Gasteiger partial charge in [0.15, 0.2) is 0 Å². The summed E-state index contributed by atoms with van der Waals surface area (Å²) in [6.07, 6.45) is 10.1. The molecule has 0 aromatic carbocycles. The fourth-order valence-corrected chi connectivity index (χ4v) is 5.46. The van der Waals surface area contributed by atoms with Crippen molar-refractivity contribution >= 4 is 35.1 Å². The smallest absolute Gasteiger partial charge is 0.137 e. The van der Waals surface area contributed by atoms with Crippen LogP contribution >= 0.6 is 23.5 Å². The van der Waals surface area contributed by atoms with Crippen LogP contribution in [0.4, 0.5) is 0 Å². The van der Waals surface area contributed by atoms with Gasteiger partial charge in [0.25, 0.3) is 0 Å². The first-order chi connectivity index (χ1) is 11.0. The van der Waals surface area contributed by atoms with Crippen LogP contribution in [-0.4, -0.2) is 27.2 Å². The van der Waals surface area contributed by atoms with Crippen molar-refractivity contribution in [3.05, 3.63) is 25.3 Å². The molecule has 0 aliphatic heterocycles. The molecule has 0 saturated heterocycles. The Morgan fingerprint density at radius 1 is 0.957 bits per heavy atom. The van der Waals surface area contributed by atoms with E-state index in [9.17, 15) is 9.59 Å². The number of rotatable bonds is 16. The van der Waals surface area contributed by atoms with Gasteiger partial charge in [-0.25, -0.2) is 0 Å². The second kappa shape index (κ2) is 13.9. The summed E-state index contributed by atoms with van der Waals surface area (Å²) in [6, 6.07) is 0. The monoisotopic (exact) mass is 356 g/mol. The van der Waals surface area contributed by atoms with Crippen molar-refractivity contribution < 1.29 is 9.59 Å². The second-order valence-electron chi connectivity index (χ2n) is 5.63.